The van der Waals surface area contributed by atoms with Crippen molar-refractivity contribution < 1.29 is 18.7 Å². The molecule has 1 saturated heterocycles. The van der Waals surface area contributed by atoms with E-state index in [0.29, 0.717) is 36.3 Å². The minimum absolute atomic E-state index is 0.0377. The molecule has 3 aromatic rings. The topological polar surface area (TPSA) is 69.0 Å². The molecule has 6 nitrogen and oxygen atoms in total. The number of ether oxygens (including phenoxy) is 2. The van der Waals surface area contributed by atoms with Crippen LogP contribution in [-0.2, 0) is 4.74 Å². The highest BCUT2D eigenvalue weighted by Crippen LogP contribution is 2.39. The van der Waals surface area contributed by atoms with Crippen LogP contribution >= 0.6 is 0 Å². The zero-order chi connectivity index (χ0) is 22.1. The Bertz CT molecular complexity index is 1190. The number of nitrogens with zero attached hydrogens (tertiary/aromatic N) is 1. The van der Waals surface area contributed by atoms with Gasteiger partial charge in [-0.15, -0.1) is 0 Å². The number of rotatable bonds is 7. The van der Waals surface area contributed by atoms with Crippen molar-refractivity contribution in [1.82, 2.24) is 4.90 Å². The molecule has 0 N–H and O–H groups in total. The second-order valence-electron chi connectivity index (χ2n) is 8.44. The van der Waals surface area contributed by atoms with Crippen molar-refractivity contribution in [3.05, 3.63) is 75.6 Å². The van der Waals surface area contributed by atoms with Gasteiger partial charge in [0.15, 0.2) is 5.43 Å². The number of fused-ring (bicyclic) bond motifs is 2. The average molecular weight is 434 g/mol. The van der Waals surface area contributed by atoms with E-state index < -0.39 is 6.04 Å². The van der Waals surface area contributed by atoms with Gasteiger partial charge in [0.1, 0.15) is 11.3 Å². The molecule has 2 atom stereocenters. The van der Waals surface area contributed by atoms with E-state index in [9.17, 15) is 9.59 Å². The molecular formula is C26H27NO5. The monoisotopic (exact) mass is 433 g/mol. The van der Waals surface area contributed by atoms with Crippen LogP contribution in [0.1, 0.15) is 60.3 Å². The van der Waals surface area contributed by atoms with Gasteiger partial charge in [0.25, 0.3) is 5.91 Å². The van der Waals surface area contributed by atoms with E-state index in [0.717, 1.165) is 37.0 Å². The summed E-state index contributed by atoms with van der Waals surface area (Å²) in [6.07, 6.45) is 3.86. The molecule has 2 aliphatic rings. The predicted octanol–water partition coefficient (Wildman–Crippen LogP) is 4.70. The van der Waals surface area contributed by atoms with Crippen molar-refractivity contribution in [3.8, 4) is 5.75 Å². The van der Waals surface area contributed by atoms with Crippen molar-refractivity contribution in [2.75, 3.05) is 19.8 Å². The second kappa shape index (κ2) is 8.79. The Kier molecular flexibility index (Phi) is 5.70. The molecule has 0 spiro atoms. The zero-order valence-corrected chi connectivity index (χ0v) is 18.2. The Morgan fingerprint density at radius 1 is 1.12 bits per heavy atom. The van der Waals surface area contributed by atoms with E-state index in [-0.39, 0.29) is 23.2 Å². The fourth-order valence-corrected chi connectivity index (χ4v) is 4.62. The Labute approximate surface area is 186 Å². The maximum Gasteiger partial charge on any atom is 0.291 e. The van der Waals surface area contributed by atoms with Crippen molar-refractivity contribution in [3.63, 3.8) is 0 Å². The van der Waals surface area contributed by atoms with Crippen LogP contribution in [0, 0.1) is 0 Å². The largest absolute Gasteiger partial charge is 0.494 e. The number of unbranched alkanes of at least 4 members (excludes halogenated alkanes) is 1. The van der Waals surface area contributed by atoms with Gasteiger partial charge in [0.2, 0.25) is 5.76 Å². The molecule has 6 heteroatoms. The highest BCUT2D eigenvalue weighted by atomic mass is 16.5. The summed E-state index contributed by atoms with van der Waals surface area (Å²) in [6, 6.07) is 14.2. The van der Waals surface area contributed by atoms with Gasteiger partial charge in [0, 0.05) is 13.2 Å². The smallest absolute Gasteiger partial charge is 0.291 e. The van der Waals surface area contributed by atoms with Gasteiger partial charge in [-0.1, -0.05) is 37.6 Å². The lowest BCUT2D eigenvalue weighted by atomic mass is 9.98. The van der Waals surface area contributed by atoms with Crippen LogP contribution in [0.25, 0.3) is 11.0 Å². The number of hydrogen-bond donors (Lipinski definition) is 0. The summed E-state index contributed by atoms with van der Waals surface area (Å²) in [7, 11) is 0. The summed E-state index contributed by atoms with van der Waals surface area (Å²) in [5.74, 6) is 0.605. The van der Waals surface area contributed by atoms with Gasteiger partial charge in [-0.05, 0) is 49.1 Å². The van der Waals surface area contributed by atoms with Crippen LogP contribution in [0.2, 0.25) is 0 Å². The number of benzene rings is 2. The van der Waals surface area contributed by atoms with E-state index in [1.165, 1.54) is 0 Å². The molecule has 1 aromatic heterocycles. The van der Waals surface area contributed by atoms with Crippen LogP contribution in [0.5, 0.6) is 5.75 Å². The number of carbonyl (C=O) groups is 1. The molecule has 32 heavy (non-hydrogen) atoms. The Balaban J connectivity index is 1.61. The molecule has 5 rings (SSSR count). The molecule has 0 radical (unpaired) electrons. The highest BCUT2D eigenvalue weighted by molar-refractivity contribution is 5.99. The first-order chi connectivity index (χ1) is 15.7. The molecule has 0 unspecified atom stereocenters. The van der Waals surface area contributed by atoms with Crippen molar-refractivity contribution >= 4 is 16.9 Å². The Hall–Kier alpha value is -3.12. The Morgan fingerprint density at radius 3 is 2.81 bits per heavy atom. The molecule has 0 aliphatic carbocycles. The zero-order valence-electron chi connectivity index (χ0n) is 18.2. The van der Waals surface area contributed by atoms with Gasteiger partial charge in [-0.25, -0.2) is 0 Å². The molecule has 3 heterocycles. The van der Waals surface area contributed by atoms with Crippen LogP contribution in [0.3, 0.4) is 0 Å². The summed E-state index contributed by atoms with van der Waals surface area (Å²) in [6.45, 7) is 3.87. The molecule has 1 fully saturated rings. The third kappa shape index (κ3) is 3.69. The van der Waals surface area contributed by atoms with Gasteiger partial charge < -0.3 is 18.8 Å². The van der Waals surface area contributed by atoms with E-state index in [1.807, 2.05) is 30.3 Å². The number of carbonyl (C=O) groups excluding carboxylic acids is 1. The summed E-state index contributed by atoms with van der Waals surface area (Å²) < 4.78 is 17.7. The standard InChI is InChI=1S/C26H27NO5/c1-2-3-13-30-18-9-6-8-17(15-18)23-22-24(28)20-11-4-5-12-21(20)32-25(22)26(29)27(23)16-19-10-7-14-31-19/h4-6,8-9,11-12,15,19,23H,2-3,7,10,13-14,16H2,1H3/t19-,23-/m0/s1. The summed E-state index contributed by atoms with van der Waals surface area (Å²) >= 11 is 0. The van der Waals surface area contributed by atoms with Crippen molar-refractivity contribution in [2.45, 2.75) is 44.8 Å². The first-order valence-corrected chi connectivity index (χ1v) is 11.4. The molecule has 0 saturated carbocycles. The number of amides is 1. The lowest BCUT2D eigenvalue weighted by Gasteiger charge is -2.27. The fourth-order valence-electron chi connectivity index (χ4n) is 4.62. The van der Waals surface area contributed by atoms with E-state index in [2.05, 4.69) is 6.92 Å². The van der Waals surface area contributed by atoms with Gasteiger partial charge in [-0.2, -0.15) is 0 Å². The fraction of sp³-hybridized carbons (Fsp3) is 0.385. The summed E-state index contributed by atoms with van der Waals surface area (Å²) in [5.41, 5.74) is 1.51. The van der Waals surface area contributed by atoms with Gasteiger partial charge in [0.05, 0.1) is 29.7 Å². The van der Waals surface area contributed by atoms with E-state index >= 15 is 0 Å². The van der Waals surface area contributed by atoms with E-state index in [1.54, 1.807) is 23.1 Å². The lowest BCUT2D eigenvalue weighted by molar-refractivity contribution is 0.0486. The molecule has 2 aliphatic heterocycles. The van der Waals surface area contributed by atoms with Gasteiger partial charge in [-0.3, -0.25) is 9.59 Å². The van der Waals surface area contributed by atoms with Crippen LogP contribution in [0.15, 0.2) is 57.7 Å². The molecular weight excluding hydrogens is 406 g/mol. The van der Waals surface area contributed by atoms with Crippen molar-refractivity contribution in [2.24, 2.45) is 0 Å². The minimum atomic E-state index is -0.530. The van der Waals surface area contributed by atoms with Gasteiger partial charge >= 0.3 is 0 Å². The second-order valence-corrected chi connectivity index (χ2v) is 8.44. The quantitative estimate of drug-likeness (QED) is 0.506. The number of para-hydroxylation sites is 1. The Morgan fingerprint density at radius 2 is 2.00 bits per heavy atom. The molecule has 1 amide bonds. The third-order valence-electron chi connectivity index (χ3n) is 6.24. The first kappa shape index (κ1) is 20.8. The molecule has 166 valence electrons. The van der Waals surface area contributed by atoms with Crippen LogP contribution in [-0.4, -0.2) is 36.7 Å². The first-order valence-electron chi connectivity index (χ1n) is 11.4. The maximum absolute atomic E-state index is 13.5. The van der Waals surface area contributed by atoms with Crippen LogP contribution < -0.4 is 10.2 Å². The van der Waals surface area contributed by atoms with Crippen molar-refractivity contribution in [1.29, 1.82) is 0 Å². The van der Waals surface area contributed by atoms with Crippen LogP contribution in [0.4, 0.5) is 0 Å². The SMILES string of the molecule is CCCCOc1cccc([C@H]2c3c(oc4ccccc4c3=O)C(=O)N2C[C@@H]2CCCO2)c1. The highest BCUT2D eigenvalue weighted by Gasteiger charge is 2.44. The minimum Gasteiger partial charge on any atom is -0.494 e. The predicted molar refractivity (Wildman–Crippen MR) is 121 cm³/mol. The summed E-state index contributed by atoms with van der Waals surface area (Å²) in [5, 5.41) is 0.485. The average Bonchev–Trinajstić information content (AvgIpc) is 3.42. The normalized spacial score (nSPS) is 20.2. The maximum atomic E-state index is 13.5. The number of hydrogen-bond acceptors (Lipinski definition) is 5. The molecule has 0 bridgehead atoms. The third-order valence-corrected chi connectivity index (χ3v) is 6.24. The summed E-state index contributed by atoms with van der Waals surface area (Å²) in [4.78, 5) is 28.7. The lowest BCUT2D eigenvalue weighted by Crippen LogP contribution is -2.36. The van der Waals surface area contributed by atoms with E-state index in [4.69, 9.17) is 13.9 Å². The molecule has 2 aromatic carbocycles.